The molecule has 3 heteroatoms. The molecule has 9 atom stereocenters. The van der Waals surface area contributed by atoms with Gasteiger partial charge < -0.3 is 10.2 Å². The summed E-state index contributed by atoms with van der Waals surface area (Å²) >= 11 is 0. The molecule has 0 bridgehead atoms. The number of carbonyl (C=O) groups excluding carboxylic acids is 1. The third-order valence-electron chi connectivity index (χ3n) is 12.3. The van der Waals surface area contributed by atoms with Crippen molar-refractivity contribution in [2.75, 3.05) is 6.61 Å². The Balaban J connectivity index is 0.00000133. The summed E-state index contributed by atoms with van der Waals surface area (Å²) in [5.41, 5.74) is 1.36. The maximum atomic E-state index is 12.8. The summed E-state index contributed by atoms with van der Waals surface area (Å²) < 4.78 is 0. The number of hydrogen-bond donors (Lipinski definition) is 2. The number of fused-ring (bicyclic) bond motifs is 7. The number of rotatable bonds is 2. The number of Topliss-reactive ketones (excluding diaryl/α,β-unsaturated/α-hetero) is 1. The van der Waals surface area contributed by atoms with Gasteiger partial charge in [-0.3, -0.25) is 4.79 Å². The van der Waals surface area contributed by atoms with Gasteiger partial charge in [0.25, 0.3) is 0 Å². The summed E-state index contributed by atoms with van der Waals surface area (Å²) in [5.74, 6) is 2.80. The van der Waals surface area contributed by atoms with Crippen molar-refractivity contribution in [1.29, 1.82) is 0 Å². The number of allylic oxidation sites excluding steroid dienone is 3. The molecule has 4 fully saturated rings. The van der Waals surface area contributed by atoms with E-state index in [2.05, 4.69) is 41.2 Å². The normalized spacial score (nSPS) is 48.8. The van der Waals surface area contributed by atoms with Gasteiger partial charge >= 0.3 is 0 Å². The van der Waals surface area contributed by atoms with Crippen molar-refractivity contribution < 1.29 is 15.0 Å². The highest BCUT2D eigenvalue weighted by Crippen LogP contribution is 2.74. The topological polar surface area (TPSA) is 57.5 Å². The Kier molecular flexibility index (Phi) is 6.49. The Labute approximate surface area is 208 Å². The molecule has 5 aliphatic carbocycles. The van der Waals surface area contributed by atoms with E-state index in [1.165, 1.54) is 37.7 Å². The quantitative estimate of drug-likeness (QED) is 0.411. The lowest BCUT2D eigenvalue weighted by Gasteiger charge is -2.69. The Morgan fingerprint density at radius 3 is 2.18 bits per heavy atom. The second-order valence-electron chi connectivity index (χ2n) is 13.5. The first-order valence-electron chi connectivity index (χ1n) is 14.1. The molecule has 0 aromatic heterocycles. The van der Waals surface area contributed by atoms with Crippen LogP contribution in [0.4, 0.5) is 0 Å². The molecule has 0 aliphatic heterocycles. The second kappa shape index (κ2) is 8.49. The van der Waals surface area contributed by atoms with Crippen molar-refractivity contribution in [3.63, 3.8) is 0 Å². The van der Waals surface area contributed by atoms with E-state index in [4.69, 9.17) is 0 Å². The maximum Gasteiger partial charge on any atom is 0.202 e. The fraction of sp³-hybridized carbons (Fsp3) is 0.839. The molecule has 0 aromatic carbocycles. The van der Waals surface area contributed by atoms with Crippen molar-refractivity contribution in [3.05, 3.63) is 24.0 Å². The van der Waals surface area contributed by atoms with Gasteiger partial charge in [0.05, 0.1) is 0 Å². The lowest BCUT2D eigenvalue weighted by Crippen LogP contribution is -2.63. The minimum absolute atomic E-state index is 0.00820. The van der Waals surface area contributed by atoms with E-state index < -0.39 is 5.41 Å². The molecule has 0 radical (unpaired) electrons. The summed E-state index contributed by atoms with van der Waals surface area (Å²) in [6.45, 7) is 20.1. The summed E-state index contributed by atoms with van der Waals surface area (Å²) in [6.07, 6.45) is 11.2. The van der Waals surface area contributed by atoms with E-state index in [1.54, 1.807) is 0 Å². The Morgan fingerprint density at radius 1 is 0.941 bits per heavy atom. The van der Waals surface area contributed by atoms with Crippen LogP contribution < -0.4 is 0 Å². The van der Waals surface area contributed by atoms with E-state index >= 15 is 0 Å². The summed E-state index contributed by atoms with van der Waals surface area (Å²) in [6, 6.07) is 0. The molecule has 0 heterocycles. The molecule has 34 heavy (non-hydrogen) atoms. The minimum atomic E-state index is -0.475. The maximum absolute atomic E-state index is 12.8. The number of carbonyl (C=O) groups is 1. The van der Waals surface area contributed by atoms with Crippen LogP contribution in [0.25, 0.3) is 0 Å². The van der Waals surface area contributed by atoms with Gasteiger partial charge in [-0.05, 0) is 116 Å². The summed E-state index contributed by atoms with van der Waals surface area (Å²) in [7, 11) is 0. The second-order valence-corrected chi connectivity index (χ2v) is 13.5. The molecule has 0 aromatic rings. The number of ketones is 1. The average molecular weight is 471 g/mol. The van der Waals surface area contributed by atoms with Crippen molar-refractivity contribution in [2.24, 2.45) is 57.2 Å². The van der Waals surface area contributed by atoms with E-state index in [1.807, 2.05) is 19.9 Å². The molecule has 5 rings (SSSR count). The van der Waals surface area contributed by atoms with E-state index in [9.17, 15) is 15.0 Å². The Morgan fingerprint density at radius 2 is 1.56 bits per heavy atom. The molecule has 8 unspecified atom stereocenters. The predicted molar refractivity (Wildman–Crippen MR) is 139 cm³/mol. The van der Waals surface area contributed by atoms with Gasteiger partial charge in [-0.15, -0.1) is 0 Å². The van der Waals surface area contributed by atoms with E-state index in [-0.39, 0.29) is 27.8 Å². The molecule has 0 amide bonds. The molecule has 192 valence electrons. The van der Waals surface area contributed by atoms with Crippen LogP contribution in [0.1, 0.15) is 99.8 Å². The highest BCUT2D eigenvalue weighted by atomic mass is 16.3. The number of aliphatic hydroxyl groups is 2. The molecule has 4 saturated carbocycles. The van der Waals surface area contributed by atoms with Gasteiger partial charge in [-0.25, -0.2) is 0 Å². The van der Waals surface area contributed by atoms with Crippen LogP contribution >= 0.6 is 0 Å². The first-order valence-corrected chi connectivity index (χ1v) is 14.1. The molecule has 5 aliphatic rings. The van der Waals surface area contributed by atoms with Crippen LogP contribution in [0.5, 0.6) is 0 Å². The lowest BCUT2D eigenvalue weighted by atomic mass is 9.35. The average Bonchev–Trinajstić information content (AvgIpc) is 3.20. The fourth-order valence-corrected chi connectivity index (χ4v) is 10.3. The van der Waals surface area contributed by atoms with Crippen molar-refractivity contribution >= 4 is 5.78 Å². The number of hydrogen-bond acceptors (Lipinski definition) is 3. The zero-order chi connectivity index (χ0) is 25.3. The SMILES string of the molecule is C=C(C)[C@@H]1CCC2(CO)CCC3(C)C(CCC4C5C=C(O)C(=O)C(C)(C)C5CCC43C)C12.CC. The first kappa shape index (κ1) is 26.0. The van der Waals surface area contributed by atoms with E-state index in [0.29, 0.717) is 42.1 Å². The van der Waals surface area contributed by atoms with Gasteiger partial charge in [-0.1, -0.05) is 53.7 Å². The van der Waals surface area contributed by atoms with Crippen LogP contribution in [0, 0.1) is 57.2 Å². The van der Waals surface area contributed by atoms with Crippen LogP contribution in [0.15, 0.2) is 24.0 Å². The lowest BCUT2D eigenvalue weighted by molar-refractivity contribution is -0.204. The van der Waals surface area contributed by atoms with Gasteiger partial charge in [0.2, 0.25) is 5.78 Å². The van der Waals surface area contributed by atoms with Gasteiger partial charge in [0, 0.05) is 12.0 Å². The number of aliphatic hydroxyl groups excluding tert-OH is 2. The van der Waals surface area contributed by atoms with Gasteiger partial charge in [0.1, 0.15) is 0 Å². The summed E-state index contributed by atoms with van der Waals surface area (Å²) in [4.78, 5) is 12.8. The zero-order valence-corrected chi connectivity index (χ0v) is 22.9. The molecule has 0 spiro atoms. The Hall–Kier alpha value is -1.09. The van der Waals surface area contributed by atoms with Crippen LogP contribution in [-0.4, -0.2) is 22.6 Å². The first-order chi connectivity index (χ1) is 15.9. The molecular weight excluding hydrogens is 420 g/mol. The minimum Gasteiger partial charge on any atom is -0.505 e. The smallest absolute Gasteiger partial charge is 0.202 e. The molecule has 2 N–H and O–H groups in total. The molecule has 0 saturated heterocycles. The monoisotopic (exact) mass is 470 g/mol. The van der Waals surface area contributed by atoms with Crippen LogP contribution in [-0.2, 0) is 4.79 Å². The highest BCUT2D eigenvalue weighted by molar-refractivity contribution is 5.98. The molecule has 3 nitrogen and oxygen atoms in total. The predicted octanol–water partition coefficient (Wildman–Crippen LogP) is 7.50. The largest absolute Gasteiger partial charge is 0.505 e. The van der Waals surface area contributed by atoms with Gasteiger partial charge in [0.15, 0.2) is 5.76 Å². The van der Waals surface area contributed by atoms with Crippen LogP contribution in [0.3, 0.4) is 0 Å². The Bertz CT molecular complexity index is 870. The molecular formula is C31H50O3. The standard InChI is InChI=1S/C29H44O3.C2H6/c1-17(2)18-9-12-29(16-30)14-13-28(6)22(24(18)29)8-7-21-19-15-23(31)25(32)26(3,4)20(19)10-11-27(21,28)5;1-2/h15,18-22,24,30-31H,1,7-14,16H2,2-6H3;1-2H3/t18-,19?,20?,21?,22?,24?,27?,28?,29?;/m0./s1. The fourth-order valence-electron chi connectivity index (χ4n) is 10.3. The van der Waals surface area contributed by atoms with Crippen molar-refractivity contribution in [2.45, 2.75) is 99.8 Å². The zero-order valence-electron chi connectivity index (χ0n) is 22.9. The van der Waals surface area contributed by atoms with Crippen LogP contribution in [0.2, 0.25) is 0 Å². The van der Waals surface area contributed by atoms with Gasteiger partial charge in [-0.2, -0.15) is 0 Å². The van der Waals surface area contributed by atoms with E-state index in [0.717, 1.165) is 19.3 Å². The van der Waals surface area contributed by atoms with Crippen molar-refractivity contribution in [3.8, 4) is 0 Å². The third-order valence-corrected chi connectivity index (χ3v) is 12.3. The summed E-state index contributed by atoms with van der Waals surface area (Å²) in [5, 5.41) is 21.2. The highest BCUT2D eigenvalue weighted by Gasteiger charge is 2.68. The van der Waals surface area contributed by atoms with Crippen molar-refractivity contribution in [1.82, 2.24) is 0 Å². The third kappa shape index (κ3) is 3.20.